The summed E-state index contributed by atoms with van der Waals surface area (Å²) in [6.45, 7) is 5.23. The minimum absolute atomic E-state index is 0.546. The molecule has 1 N–H and O–H groups in total. The molecule has 0 aromatic heterocycles. The molecule has 1 heterocycles. The molecular weight excluding hydrogens is 224 g/mol. The van der Waals surface area contributed by atoms with Crippen LogP contribution in [0.15, 0.2) is 10.3 Å². The molecule has 1 aliphatic rings. The van der Waals surface area contributed by atoms with E-state index in [0.29, 0.717) is 12.7 Å². The molecule has 1 atom stereocenters. The molecule has 0 aliphatic carbocycles. The molecule has 1 unspecified atom stereocenters. The molecule has 1 aliphatic heterocycles. The number of nitrogens with zero attached hydrogens (tertiary/aromatic N) is 3. The Kier molecular flexibility index (Phi) is 8.82. The molecule has 4 nitrogen and oxygen atoms in total. The van der Waals surface area contributed by atoms with Gasteiger partial charge in [0.05, 0.1) is 0 Å². The van der Waals surface area contributed by atoms with E-state index in [-0.39, 0.29) is 0 Å². The Morgan fingerprint density at radius 1 is 1.00 bits per heavy atom. The summed E-state index contributed by atoms with van der Waals surface area (Å²) in [5.74, 6) is 0. The molecule has 0 bridgehead atoms. The summed E-state index contributed by atoms with van der Waals surface area (Å²) in [6.07, 6.45) is 13.8. The second-order valence-electron chi connectivity index (χ2n) is 5.42. The first kappa shape index (κ1) is 15.4. The van der Waals surface area contributed by atoms with Gasteiger partial charge in [-0.1, -0.05) is 69.9 Å². The second-order valence-corrected chi connectivity index (χ2v) is 5.42. The Morgan fingerprint density at radius 3 is 2.17 bits per heavy atom. The fourth-order valence-corrected chi connectivity index (χ4v) is 2.36. The van der Waals surface area contributed by atoms with Crippen LogP contribution in [-0.2, 0) is 0 Å². The highest BCUT2D eigenvalue weighted by atomic mass is 15.8. The van der Waals surface area contributed by atoms with Crippen molar-refractivity contribution in [2.24, 2.45) is 10.3 Å². The fraction of sp³-hybridized carbons (Fsp3) is 1.00. The molecule has 0 aromatic rings. The highest BCUT2D eigenvalue weighted by Gasteiger charge is 2.15. The highest BCUT2D eigenvalue weighted by molar-refractivity contribution is 4.63. The molecule has 4 heteroatoms. The third-order valence-corrected chi connectivity index (χ3v) is 3.72. The van der Waals surface area contributed by atoms with Crippen LogP contribution in [0.1, 0.15) is 78.1 Å². The van der Waals surface area contributed by atoms with Gasteiger partial charge in [-0.25, -0.2) is 5.53 Å². The number of hydrogen-bond donors (Lipinski definition) is 1. The van der Waals surface area contributed by atoms with E-state index in [2.05, 4.69) is 34.7 Å². The molecule has 0 saturated heterocycles. The normalized spacial score (nSPS) is 17.0. The number of hydrogen-bond acceptors (Lipinski definition) is 4. The van der Waals surface area contributed by atoms with Gasteiger partial charge >= 0.3 is 0 Å². The SMILES string of the molecule is CCCCCCCCCCCC(C)N1CN=NN1. The van der Waals surface area contributed by atoms with E-state index in [1.165, 1.54) is 64.2 Å². The predicted molar refractivity (Wildman–Crippen MR) is 76.0 cm³/mol. The molecule has 0 aromatic carbocycles. The molecule has 1 rings (SSSR count). The number of rotatable bonds is 11. The molecule has 0 saturated carbocycles. The van der Waals surface area contributed by atoms with Crippen molar-refractivity contribution in [2.45, 2.75) is 84.1 Å². The quantitative estimate of drug-likeness (QED) is 0.554. The molecule has 106 valence electrons. The summed E-state index contributed by atoms with van der Waals surface area (Å²) < 4.78 is 0. The predicted octanol–water partition coefficient (Wildman–Crippen LogP) is 4.44. The average Bonchev–Trinajstić information content (AvgIpc) is 2.90. The van der Waals surface area contributed by atoms with Gasteiger partial charge in [-0.3, -0.25) is 0 Å². The Hall–Kier alpha value is -0.640. The van der Waals surface area contributed by atoms with Crippen LogP contribution in [0.5, 0.6) is 0 Å². The van der Waals surface area contributed by atoms with Crippen LogP contribution >= 0.6 is 0 Å². The Labute approximate surface area is 112 Å². The van der Waals surface area contributed by atoms with Crippen LogP contribution in [0.4, 0.5) is 0 Å². The second kappa shape index (κ2) is 10.3. The maximum atomic E-state index is 3.92. The fourth-order valence-electron chi connectivity index (χ4n) is 2.36. The van der Waals surface area contributed by atoms with Crippen molar-refractivity contribution in [1.82, 2.24) is 10.5 Å². The first-order chi connectivity index (χ1) is 8.84. The summed E-state index contributed by atoms with van der Waals surface area (Å²) in [6, 6.07) is 0.546. The molecule has 0 amide bonds. The third-order valence-electron chi connectivity index (χ3n) is 3.72. The average molecular weight is 254 g/mol. The zero-order valence-electron chi connectivity index (χ0n) is 12.2. The van der Waals surface area contributed by atoms with Gasteiger partial charge < -0.3 is 0 Å². The topological polar surface area (TPSA) is 40.0 Å². The van der Waals surface area contributed by atoms with Crippen molar-refractivity contribution >= 4 is 0 Å². The molecule has 0 fully saturated rings. The molecular formula is C14H30N4. The van der Waals surface area contributed by atoms with E-state index in [1.54, 1.807) is 0 Å². The van der Waals surface area contributed by atoms with Crippen molar-refractivity contribution in [2.75, 3.05) is 6.67 Å². The van der Waals surface area contributed by atoms with Gasteiger partial charge in [0.1, 0.15) is 6.67 Å². The van der Waals surface area contributed by atoms with Crippen LogP contribution in [0, 0.1) is 0 Å². The van der Waals surface area contributed by atoms with E-state index < -0.39 is 0 Å². The number of hydrazine groups is 1. The lowest BCUT2D eigenvalue weighted by molar-refractivity contribution is 0.163. The lowest BCUT2D eigenvalue weighted by atomic mass is 10.0. The van der Waals surface area contributed by atoms with Gasteiger partial charge in [-0.2, -0.15) is 10.1 Å². The summed E-state index contributed by atoms with van der Waals surface area (Å²) in [5, 5.41) is 9.80. The van der Waals surface area contributed by atoms with Crippen LogP contribution in [-0.4, -0.2) is 17.7 Å². The summed E-state index contributed by atoms with van der Waals surface area (Å²) in [5.41, 5.74) is 2.93. The van der Waals surface area contributed by atoms with Gasteiger partial charge in [0.25, 0.3) is 0 Å². The summed E-state index contributed by atoms with van der Waals surface area (Å²) in [4.78, 5) is 0. The monoisotopic (exact) mass is 254 g/mol. The van der Waals surface area contributed by atoms with Crippen molar-refractivity contribution in [3.63, 3.8) is 0 Å². The van der Waals surface area contributed by atoms with E-state index in [0.717, 1.165) is 0 Å². The maximum Gasteiger partial charge on any atom is 0.133 e. The maximum absolute atomic E-state index is 3.92. The van der Waals surface area contributed by atoms with Crippen LogP contribution in [0.25, 0.3) is 0 Å². The van der Waals surface area contributed by atoms with Crippen LogP contribution in [0.3, 0.4) is 0 Å². The first-order valence-electron chi connectivity index (χ1n) is 7.73. The smallest absolute Gasteiger partial charge is 0.133 e. The van der Waals surface area contributed by atoms with Gasteiger partial charge in [0, 0.05) is 6.04 Å². The molecule has 0 radical (unpaired) electrons. The van der Waals surface area contributed by atoms with E-state index in [9.17, 15) is 0 Å². The largest absolute Gasteiger partial charge is 0.220 e. The van der Waals surface area contributed by atoms with Crippen LogP contribution < -0.4 is 5.53 Å². The zero-order chi connectivity index (χ0) is 13.1. The zero-order valence-corrected chi connectivity index (χ0v) is 12.2. The summed E-state index contributed by atoms with van der Waals surface area (Å²) in [7, 11) is 0. The van der Waals surface area contributed by atoms with E-state index in [4.69, 9.17) is 0 Å². The number of unbranched alkanes of at least 4 members (excludes halogenated alkanes) is 8. The lowest BCUT2D eigenvalue weighted by Crippen LogP contribution is -2.37. The molecule has 0 spiro atoms. The minimum atomic E-state index is 0.546. The highest BCUT2D eigenvalue weighted by Crippen LogP contribution is 2.13. The van der Waals surface area contributed by atoms with Gasteiger partial charge in [0.15, 0.2) is 0 Å². The lowest BCUT2D eigenvalue weighted by Gasteiger charge is -2.20. The van der Waals surface area contributed by atoms with Crippen molar-refractivity contribution in [3.05, 3.63) is 0 Å². The van der Waals surface area contributed by atoms with Crippen molar-refractivity contribution in [1.29, 1.82) is 0 Å². The van der Waals surface area contributed by atoms with Crippen molar-refractivity contribution in [3.8, 4) is 0 Å². The van der Waals surface area contributed by atoms with Gasteiger partial charge in [-0.05, 0) is 13.3 Å². The van der Waals surface area contributed by atoms with Gasteiger partial charge in [-0.15, -0.1) is 0 Å². The van der Waals surface area contributed by atoms with Crippen LogP contribution in [0.2, 0.25) is 0 Å². The molecule has 18 heavy (non-hydrogen) atoms. The van der Waals surface area contributed by atoms with E-state index >= 15 is 0 Å². The summed E-state index contributed by atoms with van der Waals surface area (Å²) >= 11 is 0. The minimum Gasteiger partial charge on any atom is -0.220 e. The Balaban J connectivity index is 1.80. The first-order valence-corrected chi connectivity index (χ1v) is 7.73. The van der Waals surface area contributed by atoms with E-state index in [1.807, 2.05) is 0 Å². The third kappa shape index (κ3) is 6.94. The Morgan fingerprint density at radius 2 is 1.61 bits per heavy atom. The van der Waals surface area contributed by atoms with Crippen molar-refractivity contribution < 1.29 is 0 Å². The van der Waals surface area contributed by atoms with Gasteiger partial charge in [0.2, 0.25) is 0 Å². The Bertz CT molecular complexity index is 210. The standard InChI is InChI=1S/C14H30N4/c1-3-4-5-6-7-8-9-10-11-12-14(2)18-13-15-16-17-18/h14H,3-13H2,1-2H3,(H,15,17). The number of nitrogens with one attached hydrogen (secondary N) is 1.